The van der Waals surface area contributed by atoms with Crippen molar-refractivity contribution in [1.29, 1.82) is 0 Å². The van der Waals surface area contributed by atoms with Crippen molar-refractivity contribution in [1.82, 2.24) is 5.32 Å². The summed E-state index contributed by atoms with van der Waals surface area (Å²) in [6.07, 6.45) is 0. The van der Waals surface area contributed by atoms with E-state index in [1.807, 2.05) is 0 Å². The number of hydrogen-bond donors (Lipinski definition) is 2. The minimum atomic E-state index is -1.18. The Hall–Kier alpha value is -0.420. The first-order valence-electron chi connectivity index (χ1n) is 3.85. The fraction of sp³-hybridized carbons (Fsp3) is 0.857. The van der Waals surface area contributed by atoms with Gasteiger partial charge in [0.15, 0.2) is 0 Å². The fourth-order valence-corrected chi connectivity index (χ4v) is 1.97. The first-order valence-corrected chi connectivity index (χ1v) is 5.13. The zero-order valence-corrected chi connectivity index (χ0v) is 8.48. The highest BCUT2D eigenvalue weighted by atomic mass is 32.2. The average Bonchev–Trinajstić information content (AvgIpc) is 2.12. The van der Waals surface area contributed by atoms with Crippen LogP contribution in [-0.2, 0) is 15.6 Å². The van der Waals surface area contributed by atoms with Gasteiger partial charge in [0, 0.05) is 29.6 Å². The van der Waals surface area contributed by atoms with Crippen LogP contribution in [0, 0.1) is 0 Å². The summed E-state index contributed by atoms with van der Waals surface area (Å²) in [6, 6.07) is 0. The van der Waals surface area contributed by atoms with Crippen molar-refractivity contribution < 1.29 is 9.00 Å². The normalized spacial score (nSPS) is 18.0. The molecule has 0 heterocycles. The van der Waals surface area contributed by atoms with Crippen molar-refractivity contribution in [2.75, 3.05) is 13.6 Å². The van der Waals surface area contributed by atoms with Crippen molar-refractivity contribution in [3.63, 3.8) is 0 Å². The lowest BCUT2D eigenvalue weighted by molar-refractivity contribution is -0.119. The Morgan fingerprint density at radius 2 is 2.08 bits per heavy atom. The Balaban J connectivity index is 4.19. The van der Waals surface area contributed by atoms with Crippen molar-refractivity contribution in [2.24, 2.45) is 5.73 Å². The molecular formula is C7H16N2O2S. The van der Waals surface area contributed by atoms with E-state index in [0.29, 0.717) is 6.54 Å². The SMILES string of the molecule is CNC(=O)C(C)S(=O)C(C)CN. The zero-order chi connectivity index (χ0) is 9.72. The molecule has 0 spiro atoms. The Morgan fingerprint density at radius 3 is 2.42 bits per heavy atom. The summed E-state index contributed by atoms with van der Waals surface area (Å²) in [6.45, 7) is 3.75. The highest BCUT2D eigenvalue weighted by Gasteiger charge is 2.22. The molecule has 3 atom stereocenters. The van der Waals surface area contributed by atoms with Gasteiger partial charge in [-0.2, -0.15) is 0 Å². The molecule has 0 rings (SSSR count). The van der Waals surface area contributed by atoms with Crippen LogP contribution in [0.4, 0.5) is 0 Å². The third kappa shape index (κ3) is 2.91. The van der Waals surface area contributed by atoms with Gasteiger partial charge in [0.2, 0.25) is 5.91 Å². The van der Waals surface area contributed by atoms with Crippen molar-refractivity contribution in [3.8, 4) is 0 Å². The van der Waals surface area contributed by atoms with E-state index in [-0.39, 0.29) is 11.2 Å². The topological polar surface area (TPSA) is 72.2 Å². The largest absolute Gasteiger partial charge is 0.358 e. The van der Waals surface area contributed by atoms with Crippen LogP contribution in [0.3, 0.4) is 0 Å². The van der Waals surface area contributed by atoms with Crippen molar-refractivity contribution in [3.05, 3.63) is 0 Å². The number of nitrogens with one attached hydrogen (secondary N) is 1. The Bertz CT molecular complexity index is 184. The standard InChI is InChI=1S/C7H16N2O2S/c1-5(4-8)12(11)6(2)7(10)9-3/h5-6H,4,8H2,1-3H3,(H,9,10). The van der Waals surface area contributed by atoms with E-state index in [1.165, 1.54) is 7.05 Å². The molecule has 5 heteroatoms. The first-order chi connectivity index (χ1) is 5.54. The predicted octanol–water partition coefficient (Wildman–Crippen LogP) is -0.783. The van der Waals surface area contributed by atoms with Gasteiger partial charge in [-0.3, -0.25) is 9.00 Å². The molecule has 0 saturated heterocycles. The van der Waals surface area contributed by atoms with Crippen LogP contribution in [-0.4, -0.2) is 34.2 Å². The van der Waals surface area contributed by atoms with E-state index in [1.54, 1.807) is 13.8 Å². The van der Waals surface area contributed by atoms with E-state index in [2.05, 4.69) is 5.32 Å². The molecule has 0 aromatic carbocycles. The maximum Gasteiger partial charge on any atom is 0.235 e. The van der Waals surface area contributed by atoms with Crippen LogP contribution in [0.1, 0.15) is 13.8 Å². The van der Waals surface area contributed by atoms with E-state index >= 15 is 0 Å². The summed E-state index contributed by atoms with van der Waals surface area (Å²) in [5.41, 5.74) is 5.33. The summed E-state index contributed by atoms with van der Waals surface area (Å²) < 4.78 is 11.4. The maximum atomic E-state index is 11.4. The molecule has 0 saturated carbocycles. The van der Waals surface area contributed by atoms with Crippen LogP contribution in [0.2, 0.25) is 0 Å². The smallest absolute Gasteiger partial charge is 0.235 e. The lowest BCUT2D eigenvalue weighted by Crippen LogP contribution is -2.38. The average molecular weight is 192 g/mol. The van der Waals surface area contributed by atoms with E-state index in [4.69, 9.17) is 5.73 Å². The monoisotopic (exact) mass is 192 g/mol. The van der Waals surface area contributed by atoms with Gasteiger partial charge in [0.25, 0.3) is 0 Å². The van der Waals surface area contributed by atoms with Crippen LogP contribution >= 0.6 is 0 Å². The Labute approximate surface area is 75.4 Å². The van der Waals surface area contributed by atoms with Crippen LogP contribution in [0.15, 0.2) is 0 Å². The third-order valence-electron chi connectivity index (χ3n) is 1.69. The van der Waals surface area contributed by atoms with Crippen LogP contribution < -0.4 is 11.1 Å². The quantitative estimate of drug-likeness (QED) is 0.613. The predicted molar refractivity (Wildman–Crippen MR) is 50.2 cm³/mol. The molecule has 0 bridgehead atoms. The summed E-state index contributed by atoms with van der Waals surface area (Å²) in [7, 11) is 0.354. The van der Waals surface area contributed by atoms with Gasteiger partial charge in [-0.15, -0.1) is 0 Å². The van der Waals surface area contributed by atoms with Crippen LogP contribution in [0.25, 0.3) is 0 Å². The molecule has 0 aliphatic heterocycles. The van der Waals surface area contributed by atoms with Gasteiger partial charge in [0.1, 0.15) is 5.25 Å². The number of amides is 1. The molecule has 0 radical (unpaired) electrons. The number of rotatable bonds is 4. The molecule has 0 aromatic heterocycles. The van der Waals surface area contributed by atoms with Gasteiger partial charge in [-0.1, -0.05) is 0 Å². The van der Waals surface area contributed by atoms with Gasteiger partial charge in [0.05, 0.1) is 0 Å². The molecule has 0 fully saturated rings. The molecule has 4 nitrogen and oxygen atoms in total. The minimum absolute atomic E-state index is 0.128. The Morgan fingerprint density at radius 1 is 1.58 bits per heavy atom. The molecular weight excluding hydrogens is 176 g/mol. The molecule has 0 aliphatic rings. The van der Waals surface area contributed by atoms with E-state index < -0.39 is 16.0 Å². The summed E-state index contributed by atoms with van der Waals surface area (Å²) in [5.74, 6) is -0.200. The third-order valence-corrected chi connectivity index (χ3v) is 3.59. The Kier molecular flexibility index (Phi) is 5.08. The second kappa shape index (κ2) is 5.27. The van der Waals surface area contributed by atoms with Gasteiger partial charge in [-0.25, -0.2) is 0 Å². The molecule has 3 unspecified atom stereocenters. The minimum Gasteiger partial charge on any atom is -0.358 e. The van der Waals surface area contributed by atoms with Gasteiger partial charge < -0.3 is 11.1 Å². The molecule has 72 valence electrons. The number of carbonyl (C=O) groups is 1. The van der Waals surface area contributed by atoms with Gasteiger partial charge >= 0.3 is 0 Å². The van der Waals surface area contributed by atoms with Crippen molar-refractivity contribution in [2.45, 2.75) is 24.3 Å². The number of carbonyl (C=O) groups excluding carboxylic acids is 1. The van der Waals surface area contributed by atoms with E-state index in [0.717, 1.165) is 0 Å². The van der Waals surface area contributed by atoms with Crippen LogP contribution in [0.5, 0.6) is 0 Å². The van der Waals surface area contributed by atoms with Gasteiger partial charge in [-0.05, 0) is 13.8 Å². The summed E-state index contributed by atoms with van der Waals surface area (Å²) >= 11 is 0. The second-order valence-corrected chi connectivity index (χ2v) is 4.80. The molecule has 1 amide bonds. The van der Waals surface area contributed by atoms with E-state index in [9.17, 15) is 9.00 Å². The number of nitrogens with two attached hydrogens (primary N) is 1. The highest BCUT2D eigenvalue weighted by Crippen LogP contribution is 2.02. The number of hydrogen-bond acceptors (Lipinski definition) is 3. The molecule has 0 aromatic rings. The molecule has 3 N–H and O–H groups in total. The molecule has 12 heavy (non-hydrogen) atoms. The highest BCUT2D eigenvalue weighted by molar-refractivity contribution is 7.87. The van der Waals surface area contributed by atoms with Crippen molar-refractivity contribution >= 4 is 16.7 Å². The second-order valence-electron chi connectivity index (χ2n) is 2.63. The summed E-state index contributed by atoms with van der Waals surface area (Å²) in [5, 5.41) is 1.85. The maximum absolute atomic E-state index is 11.4. The molecule has 0 aliphatic carbocycles. The lowest BCUT2D eigenvalue weighted by atomic mass is 10.4. The fourth-order valence-electron chi connectivity index (χ4n) is 0.752. The summed E-state index contributed by atoms with van der Waals surface area (Å²) in [4.78, 5) is 11.0. The first kappa shape index (κ1) is 11.6. The lowest BCUT2D eigenvalue weighted by Gasteiger charge is -2.14. The zero-order valence-electron chi connectivity index (χ0n) is 7.66.